The summed E-state index contributed by atoms with van der Waals surface area (Å²) < 4.78 is 10.9. The zero-order valence-corrected chi connectivity index (χ0v) is 22.2. The number of hydrogen-bond donors (Lipinski definition) is 3. The van der Waals surface area contributed by atoms with Crippen LogP contribution in [0.5, 0.6) is 11.5 Å². The molecular formula is C30H37N3O5. The minimum atomic E-state index is -0.283. The maximum Gasteiger partial charge on any atom is 0.255 e. The van der Waals surface area contributed by atoms with Crippen molar-refractivity contribution in [3.8, 4) is 11.5 Å². The molecule has 4 bridgehead atoms. The van der Waals surface area contributed by atoms with Crippen LogP contribution in [0.1, 0.15) is 68.1 Å². The van der Waals surface area contributed by atoms with E-state index >= 15 is 0 Å². The smallest absolute Gasteiger partial charge is 0.255 e. The van der Waals surface area contributed by atoms with Crippen molar-refractivity contribution in [3.63, 3.8) is 0 Å². The Bertz CT molecular complexity index is 1160. The number of anilines is 2. The average molecular weight is 520 g/mol. The molecule has 0 aliphatic heterocycles. The molecule has 2 aromatic carbocycles. The molecule has 8 heteroatoms. The minimum Gasteiger partial charge on any atom is -0.494 e. The highest BCUT2D eigenvalue weighted by Crippen LogP contribution is 2.55. The largest absolute Gasteiger partial charge is 0.494 e. The molecule has 4 saturated carbocycles. The lowest BCUT2D eigenvalue weighted by Gasteiger charge is -2.56. The maximum absolute atomic E-state index is 12.8. The van der Waals surface area contributed by atoms with Crippen molar-refractivity contribution in [2.45, 2.75) is 63.3 Å². The molecule has 3 amide bonds. The third-order valence-electron chi connectivity index (χ3n) is 8.33. The molecule has 8 nitrogen and oxygen atoms in total. The van der Waals surface area contributed by atoms with Gasteiger partial charge in [-0.05, 0) is 74.8 Å². The van der Waals surface area contributed by atoms with Gasteiger partial charge in [-0.2, -0.15) is 0 Å². The zero-order valence-electron chi connectivity index (χ0n) is 22.2. The Morgan fingerprint density at radius 1 is 0.789 bits per heavy atom. The summed E-state index contributed by atoms with van der Waals surface area (Å²) in [4.78, 5) is 38.1. The highest BCUT2D eigenvalue weighted by molar-refractivity contribution is 6.05. The average Bonchev–Trinajstić information content (AvgIpc) is 2.88. The minimum absolute atomic E-state index is 0.00428. The van der Waals surface area contributed by atoms with Crippen LogP contribution in [0.25, 0.3) is 0 Å². The molecule has 0 saturated heterocycles. The molecule has 4 aliphatic rings. The van der Waals surface area contributed by atoms with Gasteiger partial charge in [-0.3, -0.25) is 14.4 Å². The number of benzene rings is 2. The van der Waals surface area contributed by atoms with Crippen LogP contribution in [0, 0.1) is 17.8 Å². The van der Waals surface area contributed by atoms with Gasteiger partial charge in [-0.1, -0.05) is 18.2 Å². The summed E-state index contributed by atoms with van der Waals surface area (Å²) in [5, 5.41) is 9.07. The first-order chi connectivity index (χ1) is 18.4. The van der Waals surface area contributed by atoms with Gasteiger partial charge in [0.15, 0.2) is 0 Å². The first kappa shape index (κ1) is 26.1. The Kier molecular flexibility index (Phi) is 7.58. The first-order valence-electron chi connectivity index (χ1n) is 13.6. The summed E-state index contributed by atoms with van der Waals surface area (Å²) in [6.07, 6.45) is 8.39. The fourth-order valence-corrected chi connectivity index (χ4v) is 7.12. The van der Waals surface area contributed by atoms with Gasteiger partial charge in [0.05, 0.1) is 25.6 Å². The second-order valence-electron chi connectivity index (χ2n) is 11.2. The number of carbonyl (C=O) groups excluding carboxylic acids is 3. The van der Waals surface area contributed by atoms with Crippen LogP contribution in [0.4, 0.5) is 11.4 Å². The Labute approximate surface area is 223 Å². The van der Waals surface area contributed by atoms with E-state index in [1.165, 1.54) is 33.5 Å². The first-order valence-corrected chi connectivity index (χ1v) is 13.6. The lowest BCUT2D eigenvalue weighted by molar-refractivity contribution is -0.127. The maximum atomic E-state index is 12.8. The van der Waals surface area contributed by atoms with Crippen LogP contribution in [0.3, 0.4) is 0 Å². The van der Waals surface area contributed by atoms with E-state index in [2.05, 4.69) is 16.0 Å². The van der Waals surface area contributed by atoms with Crippen molar-refractivity contribution in [1.82, 2.24) is 5.32 Å². The van der Waals surface area contributed by atoms with E-state index in [1.807, 2.05) is 6.07 Å². The molecule has 0 spiro atoms. The standard InChI is InChI=1S/C30H37N3O5/c1-37-25-15-24(32-29(36)22-7-4-3-5-8-22)26(38-2)14-23(25)31-27(34)9-6-10-28(35)33-30-16-19-11-20(17-30)13-21(12-19)18-30/h3-5,7-8,14-15,19-21H,6,9-13,16-18H2,1-2H3,(H,31,34)(H,32,36)(H,33,35). The molecule has 0 aromatic heterocycles. The SMILES string of the molecule is COc1cc(NC(=O)c2ccccc2)c(OC)cc1NC(=O)CCCC(=O)NC12CC3CC(CC(C3)C1)C2. The lowest BCUT2D eigenvalue weighted by Crippen LogP contribution is -2.59. The zero-order chi connectivity index (χ0) is 26.7. The predicted octanol–water partition coefficient (Wildman–Crippen LogP) is 5.15. The van der Waals surface area contributed by atoms with Gasteiger partial charge in [0.2, 0.25) is 11.8 Å². The molecule has 3 N–H and O–H groups in total. The fraction of sp³-hybridized carbons (Fsp3) is 0.500. The number of ether oxygens (including phenoxy) is 2. The molecule has 4 aliphatic carbocycles. The molecular weight excluding hydrogens is 482 g/mol. The Morgan fingerprint density at radius 2 is 1.32 bits per heavy atom. The van der Waals surface area contributed by atoms with Crippen molar-refractivity contribution in [2.75, 3.05) is 24.9 Å². The normalized spacial score (nSPS) is 24.9. The van der Waals surface area contributed by atoms with Crippen LogP contribution in [-0.4, -0.2) is 37.5 Å². The van der Waals surface area contributed by atoms with Gasteiger partial charge in [-0.25, -0.2) is 0 Å². The van der Waals surface area contributed by atoms with Gasteiger partial charge in [0.1, 0.15) is 11.5 Å². The second kappa shape index (κ2) is 11.1. The van der Waals surface area contributed by atoms with Crippen LogP contribution < -0.4 is 25.4 Å². The summed E-state index contributed by atoms with van der Waals surface area (Å²) in [5.41, 5.74) is 1.37. The van der Waals surface area contributed by atoms with E-state index in [4.69, 9.17) is 9.47 Å². The summed E-state index contributed by atoms with van der Waals surface area (Å²) in [6, 6.07) is 12.1. The Morgan fingerprint density at radius 3 is 1.87 bits per heavy atom. The van der Waals surface area contributed by atoms with Crippen LogP contribution in [0.15, 0.2) is 42.5 Å². The van der Waals surface area contributed by atoms with Gasteiger partial charge in [-0.15, -0.1) is 0 Å². The number of rotatable bonds is 10. The summed E-state index contributed by atoms with van der Waals surface area (Å²) in [7, 11) is 2.99. The molecule has 0 atom stereocenters. The number of hydrogen-bond acceptors (Lipinski definition) is 5. The number of nitrogens with one attached hydrogen (secondary N) is 3. The van der Waals surface area contributed by atoms with E-state index in [0.717, 1.165) is 37.0 Å². The van der Waals surface area contributed by atoms with E-state index in [-0.39, 0.29) is 29.7 Å². The quantitative estimate of drug-likeness (QED) is 0.403. The molecule has 0 radical (unpaired) electrons. The molecule has 202 valence electrons. The predicted molar refractivity (Wildman–Crippen MR) is 145 cm³/mol. The topological polar surface area (TPSA) is 106 Å². The van der Waals surface area contributed by atoms with Gasteiger partial charge in [0.25, 0.3) is 5.91 Å². The van der Waals surface area contributed by atoms with Crippen molar-refractivity contribution in [1.29, 1.82) is 0 Å². The van der Waals surface area contributed by atoms with Crippen LogP contribution in [0.2, 0.25) is 0 Å². The van der Waals surface area contributed by atoms with E-state index in [1.54, 1.807) is 36.4 Å². The molecule has 2 aromatic rings. The van der Waals surface area contributed by atoms with Gasteiger partial charge < -0.3 is 25.4 Å². The Balaban J connectivity index is 1.14. The second-order valence-corrected chi connectivity index (χ2v) is 11.2. The summed E-state index contributed by atoms with van der Waals surface area (Å²) >= 11 is 0. The molecule has 38 heavy (non-hydrogen) atoms. The lowest BCUT2D eigenvalue weighted by atomic mass is 9.53. The third-order valence-corrected chi connectivity index (χ3v) is 8.33. The van der Waals surface area contributed by atoms with E-state index < -0.39 is 0 Å². The van der Waals surface area contributed by atoms with Crippen LogP contribution in [-0.2, 0) is 9.59 Å². The summed E-state index contributed by atoms with van der Waals surface area (Å²) in [6.45, 7) is 0. The van der Waals surface area contributed by atoms with Crippen molar-refractivity contribution < 1.29 is 23.9 Å². The van der Waals surface area contributed by atoms with Crippen LogP contribution >= 0.6 is 0 Å². The fourth-order valence-electron chi connectivity index (χ4n) is 7.12. The van der Waals surface area contributed by atoms with Gasteiger partial charge in [0, 0.05) is 36.1 Å². The van der Waals surface area contributed by atoms with E-state index in [0.29, 0.717) is 41.3 Å². The molecule has 6 rings (SSSR count). The van der Waals surface area contributed by atoms with Crippen molar-refractivity contribution in [2.24, 2.45) is 17.8 Å². The number of amides is 3. The highest BCUT2D eigenvalue weighted by atomic mass is 16.5. The van der Waals surface area contributed by atoms with Crippen molar-refractivity contribution >= 4 is 29.1 Å². The third kappa shape index (κ3) is 5.79. The number of carbonyl (C=O) groups is 3. The molecule has 0 heterocycles. The Hall–Kier alpha value is -3.55. The monoisotopic (exact) mass is 519 g/mol. The summed E-state index contributed by atoms with van der Waals surface area (Å²) in [5.74, 6) is 2.66. The van der Waals surface area contributed by atoms with Gasteiger partial charge >= 0.3 is 0 Å². The highest BCUT2D eigenvalue weighted by Gasteiger charge is 2.51. The van der Waals surface area contributed by atoms with E-state index in [9.17, 15) is 14.4 Å². The van der Waals surface area contributed by atoms with Crippen molar-refractivity contribution in [3.05, 3.63) is 48.0 Å². The number of methoxy groups -OCH3 is 2. The molecule has 4 fully saturated rings. The molecule has 0 unspecified atom stereocenters.